The molecule has 0 bridgehead atoms. The van der Waals surface area contributed by atoms with Gasteiger partial charge in [0, 0.05) is 11.3 Å². The predicted molar refractivity (Wildman–Crippen MR) is 70.5 cm³/mol. The fourth-order valence-corrected chi connectivity index (χ4v) is 2.27. The van der Waals surface area contributed by atoms with E-state index in [0.717, 1.165) is 6.54 Å². The van der Waals surface area contributed by atoms with Crippen molar-refractivity contribution in [1.29, 1.82) is 0 Å². The molecule has 1 rings (SSSR count). The van der Waals surface area contributed by atoms with Gasteiger partial charge in [0.25, 0.3) is 0 Å². The van der Waals surface area contributed by atoms with Crippen LogP contribution in [-0.2, 0) is 4.79 Å². The third-order valence-electron chi connectivity index (χ3n) is 3.15. The Hall–Kier alpha value is -0.220. The first kappa shape index (κ1) is 13.8. The zero-order valence-corrected chi connectivity index (χ0v) is 12.0. The number of thioether (sulfide) groups is 1. The molecule has 2 atom stereocenters. The average molecular weight is 244 g/mol. The molecule has 1 saturated heterocycles. The van der Waals surface area contributed by atoms with Crippen LogP contribution in [0, 0.1) is 5.92 Å². The Morgan fingerprint density at radius 2 is 2.06 bits per heavy atom. The van der Waals surface area contributed by atoms with Crippen molar-refractivity contribution in [3.63, 3.8) is 0 Å². The Morgan fingerprint density at radius 3 is 2.50 bits per heavy atom. The first-order chi connectivity index (χ1) is 7.28. The normalized spacial score (nSPS) is 26.9. The molecule has 0 radical (unpaired) electrons. The van der Waals surface area contributed by atoms with Gasteiger partial charge in [-0.25, -0.2) is 0 Å². The molecule has 3 nitrogen and oxygen atoms in total. The van der Waals surface area contributed by atoms with E-state index in [1.807, 2.05) is 23.6 Å². The number of carbonyl (C=O) groups excluding carboxylic acids is 1. The van der Waals surface area contributed by atoms with Crippen molar-refractivity contribution in [2.24, 2.45) is 5.92 Å². The summed E-state index contributed by atoms with van der Waals surface area (Å²) in [6, 6.07) is -0.0370. The van der Waals surface area contributed by atoms with Crippen LogP contribution in [0.1, 0.15) is 34.6 Å². The van der Waals surface area contributed by atoms with Gasteiger partial charge in [-0.1, -0.05) is 13.8 Å². The average Bonchev–Trinajstić information content (AvgIpc) is 2.46. The molecule has 0 aromatic carbocycles. The summed E-state index contributed by atoms with van der Waals surface area (Å²) in [6.07, 6.45) is 2.29. The second-order valence-electron chi connectivity index (χ2n) is 5.51. The van der Waals surface area contributed by atoms with Crippen molar-refractivity contribution in [1.82, 2.24) is 10.2 Å². The first-order valence-corrected chi connectivity index (χ1v) is 7.12. The molecular formula is C12H24N2OS. The van der Waals surface area contributed by atoms with Crippen LogP contribution in [0.3, 0.4) is 0 Å². The molecule has 0 spiro atoms. The Morgan fingerprint density at radius 1 is 1.50 bits per heavy atom. The minimum Gasteiger partial charge on any atom is -0.324 e. The van der Waals surface area contributed by atoms with Gasteiger partial charge in [-0.2, -0.15) is 11.8 Å². The molecule has 0 saturated carbocycles. The van der Waals surface area contributed by atoms with E-state index in [-0.39, 0.29) is 22.9 Å². The molecule has 0 aliphatic carbocycles. The number of amides is 1. The van der Waals surface area contributed by atoms with E-state index < -0.39 is 0 Å². The minimum absolute atomic E-state index is 0.0370. The summed E-state index contributed by atoms with van der Waals surface area (Å²) in [6.45, 7) is 11.4. The zero-order chi connectivity index (χ0) is 12.5. The third-order valence-corrected chi connectivity index (χ3v) is 4.38. The first-order valence-electron chi connectivity index (χ1n) is 5.90. The summed E-state index contributed by atoms with van der Waals surface area (Å²) in [7, 11) is 0. The minimum atomic E-state index is -0.0370. The van der Waals surface area contributed by atoms with E-state index in [9.17, 15) is 4.79 Å². The number of hydrogen-bond donors (Lipinski definition) is 1. The largest absolute Gasteiger partial charge is 0.324 e. The van der Waals surface area contributed by atoms with Gasteiger partial charge >= 0.3 is 0 Å². The number of rotatable bonds is 4. The molecule has 1 amide bonds. The van der Waals surface area contributed by atoms with Crippen molar-refractivity contribution < 1.29 is 4.79 Å². The fourth-order valence-electron chi connectivity index (χ4n) is 2.01. The highest BCUT2D eigenvalue weighted by molar-refractivity contribution is 7.99. The van der Waals surface area contributed by atoms with Gasteiger partial charge in [0.2, 0.25) is 5.91 Å². The predicted octanol–water partition coefficient (Wildman–Crippen LogP) is 1.93. The van der Waals surface area contributed by atoms with Crippen LogP contribution in [0.4, 0.5) is 0 Å². The standard InChI is InChI=1S/C12H24N2OS/c1-8(2)10-13-9(3)11(15)14(10)7-12(4,5)16-6/h8-10,13H,7H2,1-6H3. The van der Waals surface area contributed by atoms with E-state index in [4.69, 9.17) is 0 Å². The van der Waals surface area contributed by atoms with E-state index in [1.165, 1.54) is 0 Å². The molecule has 4 heteroatoms. The van der Waals surface area contributed by atoms with Gasteiger partial charge in [0.1, 0.15) is 0 Å². The van der Waals surface area contributed by atoms with Crippen molar-refractivity contribution >= 4 is 17.7 Å². The summed E-state index contributed by atoms with van der Waals surface area (Å²) < 4.78 is 0.120. The molecular weight excluding hydrogens is 220 g/mol. The van der Waals surface area contributed by atoms with E-state index in [2.05, 4.69) is 39.3 Å². The summed E-state index contributed by atoms with van der Waals surface area (Å²) in [5.41, 5.74) is 0. The van der Waals surface area contributed by atoms with Gasteiger partial charge < -0.3 is 4.90 Å². The van der Waals surface area contributed by atoms with Gasteiger partial charge in [0.15, 0.2) is 0 Å². The molecule has 1 heterocycles. The fraction of sp³-hybridized carbons (Fsp3) is 0.917. The molecule has 16 heavy (non-hydrogen) atoms. The molecule has 2 unspecified atom stereocenters. The molecule has 1 aliphatic rings. The number of carbonyl (C=O) groups is 1. The van der Waals surface area contributed by atoms with Crippen LogP contribution in [0.25, 0.3) is 0 Å². The Bertz CT molecular complexity index is 266. The Balaban J connectivity index is 2.79. The summed E-state index contributed by atoms with van der Waals surface area (Å²) in [5.74, 6) is 0.687. The number of nitrogens with one attached hydrogen (secondary N) is 1. The maximum Gasteiger partial charge on any atom is 0.240 e. The van der Waals surface area contributed by atoms with E-state index >= 15 is 0 Å². The topological polar surface area (TPSA) is 32.3 Å². The molecule has 0 aromatic heterocycles. The van der Waals surface area contributed by atoms with Crippen LogP contribution in [0.2, 0.25) is 0 Å². The van der Waals surface area contributed by atoms with Gasteiger partial charge in [-0.05, 0) is 32.9 Å². The van der Waals surface area contributed by atoms with Crippen LogP contribution >= 0.6 is 11.8 Å². The molecule has 1 N–H and O–H groups in total. The SMILES string of the molecule is CSC(C)(C)CN1C(=O)C(C)NC1C(C)C. The lowest BCUT2D eigenvalue weighted by molar-refractivity contribution is -0.130. The van der Waals surface area contributed by atoms with Crippen molar-refractivity contribution in [2.45, 2.75) is 51.6 Å². The molecule has 1 aliphatic heterocycles. The summed E-state index contributed by atoms with van der Waals surface area (Å²) >= 11 is 1.81. The van der Waals surface area contributed by atoms with Crippen LogP contribution in [0.15, 0.2) is 0 Å². The quantitative estimate of drug-likeness (QED) is 0.820. The van der Waals surface area contributed by atoms with E-state index in [0.29, 0.717) is 5.92 Å². The Labute approximate surface area is 103 Å². The van der Waals surface area contributed by atoms with Crippen molar-refractivity contribution in [3.8, 4) is 0 Å². The summed E-state index contributed by atoms with van der Waals surface area (Å²) in [5, 5.41) is 3.37. The maximum atomic E-state index is 12.1. The smallest absolute Gasteiger partial charge is 0.240 e. The molecule has 0 aromatic rings. The summed E-state index contributed by atoms with van der Waals surface area (Å²) in [4.78, 5) is 14.1. The van der Waals surface area contributed by atoms with Gasteiger partial charge in [0.05, 0.1) is 12.2 Å². The van der Waals surface area contributed by atoms with Gasteiger partial charge in [-0.3, -0.25) is 10.1 Å². The highest BCUT2D eigenvalue weighted by Crippen LogP contribution is 2.27. The van der Waals surface area contributed by atoms with Crippen LogP contribution in [-0.4, -0.2) is 40.6 Å². The third kappa shape index (κ3) is 2.92. The molecule has 1 fully saturated rings. The van der Waals surface area contributed by atoms with E-state index in [1.54, 1.807) is 0 Å². The lowest BCUT2D eigenvalue weighted by atomic mass is 10.1. The lowest BCUT2D eigenvalue weighted by Crippen LogP contribution is -2.46. The second-order valence-corrected chi connectivity index (χ2v) is 7.02. The zero-order valence-electron chi connectivity index (χ0n) is 11.2. The number of nitrogens with zero attached hydrogens (tertiary/aromatic N) is 1. The molecule has 94 valence electrons. The highest BCUT2D eigenvalue weighted by atomic mass is 32.2. The Kier molecular flexibility index (Phi) is 4.29. The van der Waals surface area contributed by atoms with Crippen LogP contribution in [0.5, 0.6) is 0 Å². The maximum absolute atomic E-state index is 12.1. The van der Waals surface area contributed by atoms with Crippen molar-refractivity contribution in [2.75, 3.05) is 12.8 Å². The second kappa shape index (κ2) is 4.96. The lowest BCUT2D eigenvalue weighted by Gasteiger charge is -2.34. The number of hydrogen-bond acceptors (Lipinski definition) is 3. The highest BCUT2D eigenvalue weighted by Gasteiger charge is 2.39. The van der Waals surface area contributed by atoms with Gasteiger partial charge in [-0.15, -0.1) is 0 Å². The van der Waals surface area contributed by atoms with Crippen molar-refractivity contribution in [3.05, 3.63) is 0 Å². The van der Waals surface area contributed by atoms with Crippen LogP contribution < -0.4 is 5.32 Å². The monoisotopic (exact) mass is 244 g/mol.